The highest BCUT2D eigenvalue weighted by atomic mass is 32.2. The number of hydrogen-bond donors (Lipinski definition) is 2. The zero-order valence-electron chi connectivity index (χ0n) is 15.5. The van der Waals surface area contributed by atoms with E-state index in [0.717, 1.165) is 11.8 Å². The Kier molecular flexibility index (Phi) is 8.01. The average molecular weight is 404 g/mol. The third kappa shape index (κ3) is 6.38. The number of halogens is 1. The second-order valence-corrected chi connectivity index (χ2v) is 6.80. The molecule has 0 fully saturated rings. The summed E-state index contributed by atoms with van der Waals surface area (Å²) in [5.41, 5.74) is 0.758. The van der Waals surface area contributed by atoms with Crippen LogP contribution in [0.2, 0.25) is 0 Å². The van der Waals surface area contributed by atoms with Gasteiger partial charge in [-0.3, -0.25) is 9.59 Å². The molecule has 0 saturated heterocycles. The molecule has 0 aliphatic carbocycles. The predicted molar refractivity (Wildman–Crippen MR) is 106 cm³/mol. The lowest BCUT2D eigenvalue weighted by Crippen LogP contribution is -2.35. The van der Waals surface area contributed by atoms with Crippen LogP contribution >= 0.6 is 11.8 Å². The van der Waals surface area contributed by atoms with Crippen LogP contribution in [0.5, 0.6) is 0 Å². The predicted octanol–water partition coefficient (Wildman–Crippen LogP) is 3.24. The summed E-state index contributed by atoms with van der Waals surface area (Å²) in [5.74, 6) is -1.65. The number of carbonyl (C=O) groups excluding carboxylic acids is 3. The summed E-state index contributed by atoms with van der Waals surface area (Å²) < 4.78 is 18.1. The maximum absolute atomic E-state index is 12.9. The minimum absolute atomic E-state index is 0.0492. The van der Waals surface area contributed by atoms with Gasteiger partial charge in [-0.05, 0) is 50.2 Å². The van der Waals surface area contributed by atoms with Crippen molar-refractivity contribution in [2.45, 2.75) is 24.8 Å². The molecule has 0 heterocycles. The van der Waals surface area contributed by atoms with Crippen molar-refractivity contribution in [3.63, 3.8) is 0 Å². The van der Waals surface area contributed by atoms with Gasteiger partial charge in [0.2, 0.25) is 5.91 Å². The van der Waals surface area contributed by atoms with Gasteiger partial charge in [0.05, 0.1) is 11.3 Å². The first kappa shape index (κ1) is 21.4. The van der Waals surface area contributed by atoms with E-state index in [1.54, 1.807) is 31.2 Å². The van der Waals surface area contributed by atoms with E-state index < -0.39 is 12.1 Å². The summed E-state index contributed by atoms with van der Waals surface area (Å²) >= 11 is 1.16. The third-order valence-electron chi connectivity index (χ3n) is 3.60. The molecule has 0 unspecified atom stereocenters. The van der Waals surface area contributed by atoms with E-state index >= 15 is 0 Å². The Morgan fingerprint density at radius 1 is 1.11 bits per heavy atom. The van der Waals surface area contributed by atoms with Gasteiger partial charge < -0.3 is 15.4 Å². The van der Waals surface area contributed by atoms with Gasteiger partial charge in [0, 0.05) is 17.1 Å². The molecule has 0 spiro atoms. The molecule has 0 aliphatic rings. The molecular weight excluding hydrogens is 383 g/mol. The number of nitrogens with one attached hydrogen (secondary N) is 2. The Morgan fingerprint density at radius 2 is 1.79 bits per heavy atom. The van der Waals surface area contributed by atoms with Crippen molar-refractivity contribution in [1.82, 2.24) is 5.32 Å². The third-order valence-corrected chi connectivity index (χ3v) is 4.67. The molecule has 148 valence electrons. The van der Waals surface area contributed by atoms with Crippen molar-refractivity contribution < 1.29 is 23.5 Å². The van der Waals surface area contributed by atoms with E-state index in [1.807, 2.05) is 0 Å². The summed E-state index contributed by atoms with van der Waals surface area (Å²) in [6.45, 7) is 3.71. The van der Waals surface area contributed by atoms with E-state index in [4.69, 9.17) is 4.74 Å². The zero-order chi connectivity index (χ0) is 20.5. The van der Waals surface area contributed by atoms with Crippen molar-refractivity contribution >= 4 is 35.2 Å². The normalized spacial score (nSPS) is 11.4. The molecule has 0 aromatic heterocycles. The van der Waals surface area contributed by atoms with Crippen molar-refractivity contribution in [2.75, 3.05) is 17.6 Å². The molecule has 28 heavy (non-hydrogen) atoms. The molecule has 2 aromatic rings. The minimum Gasteiger partial charge on any atom is -0.449 e. The number of ether oxygens (including phenoxy) is 1. The van der Waals surface area contributed by atoms with Crippen LogP contribution in [0.4, 0.5) is 10.1 Å². The Balaban J connectivity index is 1.97. The molecule has 0 saturated carbocycles. The molecule has 8 heteroatoms. The van der Waals surface area contributed by atoms with Gasteiger partial charge in [0.25, 0.3) is 5.91 Å². The fourth-order valence-corrected chi connectivity index (χ4v) is 3.07. The topological polar surface area (TPSA) is 84.5 Å². The number of amides is 2. The first-order valence-corrected chi connectivity index (χ1v) is 9.65. The highest BCUT2D eigenvalue weighted by Gasteiger charge is 2.20. The quantitative estimate of drug-likeness (QED) is 0.521. The lowest BCUT2D eigenvalue weighted by molar-refractivity contribution is -0.129. The molecule has 2 rings (SSSR count). The molecule has 0 aliphatic heterocycles. The molecule has 2 aromatic carbocycles. The molecule has 1 atom stereocenters. The van der Waals surface area contributed by atoms with Gasteiger partial charge in [-0.15, -0.1) is 11.8 Å². The van der Waals surface area contributed by atoms with Crippen molar-refractivity contribution in [1.29, 1.82) is 0 Å². The highest BCUT2D eigenvalue weighted by Crippen LogP contribution is 2.24. The Bertz CT molecular complexity index is 842. The summed E-state index contributed by atoms with van der Waals surface area (Å²) in [5, 5.41) is 5.24. The van der Waals surface area contributed by atoms with Gasteiger partial charge >= 0.3 is 5.97 Å². The number of carbonyl (C=O) groups is 3. The number of esters is 1. The number of hydrogen-bond acceptors (Lipinski definition) is 5. The Morgan fingerprint density at radius 3 is 2.46 bits per heavy atom. The molecule has 2 N–H and O–H groups in total. The van der Waals surface area contributed by atoms with Crippen LogP contribution < -0.4 is 10.6 Å². The van der Waals surface area contributed by atoms with Crippen molar-refractivity contribution in [2.24, 2.45) is 0 Å². The fourth-order valence-electron chi connectivity index (χ4n) is 2.23. The maximum Gasteiger partial charge on any atom is 0.340 e. The van der Waals surface area contributed by atoms with Crippen LogP contribution in [0, 0.1) is 5.82 Å². The molecular formula is C20H21FN2O4S. The van der Waals surface area contributed by atoms with Gasteiger partial charge in [0.15, 0.2) is 6.10 Å². The minimum atomic E-state index is -0.924. The number of thioether (sulfide) groups is 1. The Labute approximate surface area is 166 Å². The summed E-state index contributed by atoms with van der Waals surface area (Å²) in [6, 6.07) is 12.1. The smallest absolute Gasteiger partial charge is 0.340 e. The SMILES string of the molecule is CCNC(=O)[C@H](C)OC(=O)c1ccccc1SCC(=O)Nc1ccc(F)cc1. The van der Waals surface area contributed by atoms with Crippen LogP contribution in [0.25, 0.3) is 0 Å². The molecule has 6 nitrogen and oxygen atoms in total. The zero-order valence-corrected chi connectivity index (χ0v) is 16.3. The van der Waals surface area contributed by atoms with Crippen molar-refractivity contribution in [3.8, 4) is 0 Å². The van der Waals surface area contributed by atoms with Crippen LogP contribution in [0.1, 0.15) is 24.2 Å². The van der Waals surface area contributed by atoms with Gasteiger partial charge in [0.1, 0.15) is 5.82 Å². The molecule has 2 amide bonds. The largest absolute Gasteiger partial charge is 0.449 e. The van der Waals surface area contributed by atoms with E-state index in [1.165, 1.54) is 31.2 Å². The number of likely N-dealkylation sites (N-methyl/N-ethyl adjacent to an activating group) is 1. The van der Waals surface area contributed by atoms with Crippen molar-refractivity contribution in [3.05, 3.63) is 59.9 Å². The standard InChI is InChI=1S/C20H21FN2O4S/c1-3-22-19(25)13(2)27-20(26)16-6-4-5-7-17(16)28-12-18(24)23-15-10-8-14(21)9-11-15/h4-11,13H,3,12H2,1-2H3,(H,22,25)(H,23,24)/t13-/m0/s1. The average Bonchev–Trinajstić information content (AvgIpc) is 2.68. The van der Waals surface area contributed by atoms with Gasteiger partial charge in [-0.2, -0.15) is 0 Å². The maximum atomic E-state index is 12.9. The summed E-state index contributed by atoms with van der Waals surface area (Å²) in [4.78, 5) is 36.8. The van der Waals surface area contributed by atoms with E-state index in [9.17, 15) is 18.8 Å². The first-order chi connectivity index (χ1) is 13.4. The van der Waals surface area contributed by atoms with Crippen LogP contribution in [0.15, 0.2) is 53.4 Å². The second kappa shape index (κ2) is 10.5. The van der Waals surface area contributed by atoms with Crippen LogP contribution in [-0.4, -0.2) is 36.2 Å². The summed E-state index contributed by atoms with van der Waals surface area (Å²) in [7, 11) is 0. The van der Waals surface area contributed by atoms with Gasteiger partial charge in [-0.1, -0.05) is 12.1 Å². The number of anilines is 1. The fraction of sp³-hybridized carbons (Fsp3) is 0.250. The lowest BCUT2D eigenvalue weighted by atomic mass is 10.2. The van der Waals surface area contributed by atoms with E-state index in [-0.39, 0.29) is 28.9 Å². The lowest BCUT2D eigenvalue weighted by Gasteiger charge is -2.14. The summed E-state index contributed by atoms with van der Waals surface area (Å²) in [6.07, 6.45) is -0.924. The molecule has 0 bridgehead atoms. The number of benzene rings is 2. The van der Waals surface area contributed by atoms with E-state index in [0.29, 0.717) is 17.1 Å². The number of rotatable bonds is 8. The highest BCUT2D eigenvalue weighted by molar-refractivity contribution is 8.00. The van der Waals surface area contributed by atoms with Crippen LogP contribution in [-0.2, 0) is 14.3 Å². The van der Waals surface area contributed by atoms with Gasteiger partial charge in [-0.25, -0.2) is 9.18 Å². The Hall–Kier alpha value is -2.87. The first-order valence-electron chi connectivity index (χ1n) is 8.66. The monoisotopic (exact) mass is 404 g/mol. The van der Waals surface area contributed by atoms with Crippen LogP contribution in [0.3, 0.4) is 0 Å². The molecule has 0 radical (unpaired) electrons. The van der Waals surface area contributed by atoms with E-state index in [2.05, 4.69) is 10.6 Å². The second-order valence-electron chi connectivity index (χ2n) is 5.78.